The molecule has 0 saturated carbocycles. The summed E-state index contributed by atoms with van der Waals surface area (Å²) in [7, 11) is 0. The Labute approximate surface area is 150 Å². The van der Waals surface area contributed by atoms with Crippen LogP contribution in [0.3, 0.4) is 0 Å². The molecule has 0 N–H and O–H groups in total. The second-order valence-corrected chi connectivity index (χ2v) is 5.95. The number of benzene rings is 1. The molecule has 10 heteroatoms. The van der Waals surface area contributed by atoms with Crippen LogP contribution in [-0.4, -0.2) is 46.3 Å². The molecule has 1 rings (SSSR count). The number of non-ortho nitro benzene ring substituents is 2. The Hall–Kier alpha value is -3.04. The fourth-order valence-electron chi connectivity index (χ4n) is 2.29. The van der Waals surface area contributed by atoms with Crippen LogP contribution in [0.15, 0.2) is 18.2 Å². The van der Waals surface area contributed by atoms with E-state index in [0.717, 1.165) is 18.2 Å². The molecular formula is C16H21N3O7. The molecule has 142 valence electrons. The van der Waals surface area contributed by atoms with Crippen molar-refractivity contribution < 1.29 is 24.2 Å². The second kappa shape index (κ2) is 9.44. The molecule has 1 aromatic carbocycles. The van der Waals surface area contributed by atoms with Gasteiger partial charge in [0.05, 0.1) is 34.5 Å². The molecular weight excluding hydrogens is 346 g/mol. The van der Waals surface area contributed by atoms with E-state index in [2.05, 4.69) is 0 Å². The van der Waals surface area contributed by atoms with Gasteiger partial charge in [-0.1, -0.05) is 13.8 Å². The predicted molar refractivity (Wildman–Crippen MR) is 91.7 cm³/mol. The van der Waals surface area contributed by atoms with E-state index in [1.54, 1.807) is 6.92 Å². The lowest BCUT2D eigenvalue weighted by atomic mass is 10.1. The lowest BCUT2D eigenvalue weighted by molar-refractivity contribution is -0.394. The maximum Gasteiger partial charge on any atom is 0.307 e. The second-order valence-electron chi connectivity index (χ2n) is 5.95. The van der Waals surface area contributed by atoms with Gasteiger partial charge in [-0.25, -0.2) is 0 Å². The van der Waals surface area contributed by atoms with Gasteiger partial charge in [-0.2, -0.15) is 0 Å². The molecule has 0 aliphatic rings. The minimum atomic E-state index is -0.796. The lowest BCUT2D eigenvalue weighted by Crippen LogP contribution is -2.36. The highest BCUT2D eigenvalue weighted by Crippen LogP contribution is 2.24. The quantitative estimate of drug-likeness (QED) is 0.372. The Morgan fingerprint density at radius 3 is 2.08 bits per heavy atom. The van der Waals surface area contributed by atoms with Crippen LogP contribution in [0.2, 0.25) is 0 Å². The zero-order valence-corrected chi connectivity index (χ0v) is 14.8. The van der Waals surface area contributed by atoms with Crippen LogP contribution in [0, 0.1) is 26.1 Å². The largest absolute Gasteiger partial charge is 0.466 e. The van der Waals surface area contributed by atoms with Crippen molar-refractivity contribution in [1.82, 2.24) is 4.90 Å². The van der Waals surface area contributed by atoms with Crippen LogP contribution in [0.5, 0.6) is 0 Å². The van der Waals surface area contributed by atoms with E-state index >= 15 is 0 Å². The van der Waals surface area contributed by atoms with Crippen molar-refractivity contribution in [3.8, 4) is 0 Å². The van der Waals surface area contributed by atoms with Crippen molar-refractivity contribution in [2.75, 3.05) is 19.7 Å². The summed E-state index contributed by atoms with van der Waals surface area (Å²) in [6.07, 6.45) is -0.0384. The normalized spacial score (nSPS) is 10.5. The number of hydrogen-bond donors (Lipinski definition) is 0. The van der Waals surface area contributed by atoms with E-state index in [9.17, 15) is 29.8 Å². The van der Waals surface area contributed by atoms with E-state index in [1.807, 2.05) is 13.8 Å². The zero-order chi connectivity index (χ0) is 19.9. The number of hydrogen-bond acceptors (Lipinski definition) is 7. The molecule has 0 spiro atoms. The number of nitro groups is 2. The molecule has 1 amide bonds. The molecule has 0 aliphatic heterocycles. The monoisotopic (exact) mass is 367 g/mol. The highest BCUT2D eigenvalue weighted by atomic mass is 16.6. The van der Waals surface area contributed by atoms with E-state index in [-0.39, 0.29) is 37.6 Å². The Balaban J connectivity index is 3.14. The highest BCUT2D eigenvalue weighted by Gasteiger charge is 2.24. The highest BCUT2D eigenvalue weighted by molar-refractivity contribution is 5.95. The Kier molecular flexibility index (Phi) is 7.63. The number of carbonyl (C=O) groups excluding carboxylic acids is 2. The van der Waals surface area contributed by atoms with Crippen molar-refractivity contribution in [2.45, 2.75) is 27.2 Å². The molecule has 0 saturated heterocycles. The van der Waals surface area contributed by atoms with E-state index in [1.165, 1.54) is 4.90 Å². The Bertz CT molecular complexity index is 671. The number of nitrogens with zero attached hydrogens (tertiary/aromatic N) is 3. The van der Waals surface area contributed by atoms with Crippen LogP contribution < -0.4 is 0 Å². The fraction of sp³-hybridized carbons (Fsp3) is 0.500. The van der Waals surface area contributed by atoms with Gasteiger partial charge in [0.2, 0.25) is 0 Å². The maximum atomic E-state index is 12.7. The van der Waals surface area contributed by atoms with Gasteiger partial charge in [0.15, 0.2) is 0 Å². The Morgan fingerprint density at radius 1 is 1.12 bits per heavy atom. The summed E-state index contributed by atoms with van der Waals surface area (Å²) in [5, 5.41) is 22.0. The van der Waals surface area contributed by atoms with Gasteiger partial charge in [-0.3, -0.25) is 29.8 Å². The van der Waals surface area contributed by atoms with Gasteiger partial charge in [0.25, 0.3) is 17.3 Å². The average Bonchev–Trinajstić information content (AvgIpc) is 2.57. The van der Waals surface area contributed by atoms with Gasteiger partial charge in [-0.05, 0) is 12.8 Å². The SMILES string of the molecule is CCOC(=O)CCN(CC(C)C)C(=O)c1cc([N+](=O)[O-])cc([N+](=O)[O-])c1. The first-order valence-corrected chi connectivity index (χ1v) is 8.04. The van der Waals surface area contributed by atoms with E-state index in [0.29, 0.717) is 0 Å². The number of ether oxygens (including phenoxy) is 1. The maximum absolute atomic E-state index is 12.7. The van der Waals surface area contributed by atoms with Crippen LogP contribution in [-0.2, 0) is 9.53 Å². The standard InChI is InChI=1S/C16H21N3O7/c1-4-26-15(20)5-6-17(10-11(2)3)16(21)12-7-13(18(22)23)9-14(8-12)19(24)25/h7-9,11H,4-6,10H2,1-3H3. The Morgan fingerprint density at radius 2 is 1.65 bits per heavy atom. The molecule has 0 aromatic heterocycles. The summed E-state index contributed by atoms with van der Waals surface area (Å²) < 4.78 is 4.83. The van der Waals surface area contributed by atoms with Gasteiger partial charge in [0.1, 0.15) is 0 Å². The average molecular weight is 367 g/mol. The van der Waals surface area contributed by atoms with Crippen molar-refractivity contribution >= 4 is 23.3 Å². The summed E-state index contributed by atoms with van der Waals surface area (Å²) in [6.45, 7) is 5.94. The summed E-state index contributed by atoms with van der Waals surface area (Å²) in [4.78, 5) is 46.0. The molecule has 10 nitrogen and oxygen atoms in total. The third-order valence-corrected chi connectivity index (χ3v) is 3.34. The summed E-state index contributed by atoms with van der Waals surface area (Å²) in [5.74, 6) is -1.02. The molecule has 0 radical (unpaired) electrons. The van der Waals surface area contributed by atoms with Crippen molar-refractivity contribution in [1.29, 1.82) is 0 Å². The molecule has 26 heavy (non-hydrogen) atoms. The number of rotatable bonds is 9. The molecule has 1 aromatic rings. The van der Waals surface area contributed by atoms with Crippen LogP contribution in [0.1, 0.15) is 37.6 Å². The first-order chi connectivity index (χ1) is 12.1. The summed E-state index contributed by atoms with van der Waals surface area (Å²) >= 11 is 0. The van der Waals surface area contributed by atoms with E-state index in [4.69, 9.17) is 4.74 Å². The lowest BCUT2D eigenvalue weighted by Gasteiger charge is -2.24. The molecule has 0 bridgehead atoms. The van der Waals surface area contributed by atoms with Crippen molar-refractivity contribution in [2.24, 2.45) is 5.92 Å². The minimum Gasteiger partial charge on any atom is -0.466 e. The topological polar surface area (TPSA) is 133 Å². The first-order valence-electron chi connectivity index (χ1n) is 8.04. The van der Waals surface area contributed by atoms with E-state index < -0.39 is 33.1 Å². The number of amides is 1. The fourth-order valence-corrected chi connectivity index (χ4v) is 2.29. The molecule has 0 atom stereocenters. The van der Waals surface area contributed by atoms with Crippen molar-refractivity contribution in [3.05, 3.63) is 44.0 Å². The van der Waals surface area contributed by atoms with Crippen LogP contribution >= 0.6 is 0 Å². The van der Waals surface area contributed by atoms with Gasteiger partial charge in [0, 0.05) is 25.2 Å². The van der Waals surface area contributed by atoms with Crippen LogP contribution in [0.25, 0.3) is 0 Å². The predicted octanol–water partition coefficient (Wildman–Crippen LogP) is 2.55. The zero-order valence-electron chi connectivity index (χ0n) is 14.8. The minimum absolute atomic E-state index is 0.0384. The van der Waals surface area contributed by atoms with Gasteiger partial charge < -0.3 is 9.64 Å². The molecule has 0 heterocycles. The number of carbonyl (C=O) groups is 2. The summed E-state index contributed by atoms with van der Waals surface area (Å²) in [5.41, 5.74) is -1.26. The van der Waals surface area contributed by atoms with Gasteiger partial charge in [-0.15, -0.1) is 0 Å². The molecule has 0 fully saturated rings. The number of nitro benzene ring substituents is 2. The van der Waals surface area contributed by atoms with Crippen LogP contribution in [0.4, 0.5) is 11.4 Å². The third-order valence-electron chi connectivity index (χ3n) is 3.34. The molecule has 0 unspecified atom stereocenters. The summed E-state index contributed by atoms with van der Waals surface area (Å²) in [6, 6.07) is 2.78. The number of esters is 1. The van der Waals surface area contributed by atoms with Crippen molar-refractivity contribution in [3.63, 3.8) is 0 Å². The van der Waals surface area contributed by atoms with Gasteiger partial charge >= 0.3 is 5.97 Å². The molecule has 0 aliphatic carbocycles. The smallest absolute Gasteiger partial charge is 0.307 e. The third kappa shape index (κ3) is 6.11. The first kappa shape index (κ1) is 21.0.